The highest BCUT2D eigenvalue weighted by atomic mass is 32.2. The summed E-state index contributed by atoms with van der Waals surface area (Å²) in [7, 11) is -3.06. The van der Waals surface area contributed by atoms with Gasteiger partial charge in [0.25, 0.3) is 0 Å². The maximum Gasteiger partial charge on any atom is 0.235 e. The Hall–Kier alpha value is -1.03. The van der Waals surface area contributed by atoms with E-state index in [1.807, 2.05) is 25.1 Å². The highest BCUT2D eigenvalue weighted by Gasteiger charge is 2.28. The molecule has 1 aromatic carbocycles. The second kappa shape index (κ2) is 4.33. The summed E-state index contributed by atoms with van der Waals surface area (Å²) < 4.78 is 25.2. The Bertz CT molecular complexity index is 520. The Morgan fingerprint density at radius 1 is 1.29 bits per heavy atom. The minimum atomic E-state index is -3.06. The van der Waals surface area contributed by atoms with Gasteiger partial charge in [-0.3, -0.25) is 4.31 Å². The van der Waals surface area contributed by atoms with Crippen molar-refractivity contribution in [3.05, 3.63) is 29.3 Å². The molecule has 0 aliphatic carbocycles. The fourth-order valence-electron chi connectivity index (χ4n) is 2.39. The van der Waals surface area contributed by atoms with Crippen molar-refractivity contribution in [2.24, 2.45) is 0 Å². The van der Waals surface area contributed by atoms with E-state index in [9.17, 15) is 8.42 Å². The number of sulfonamides is 1. The third kappa shape index (κ3) is 2.32. The van der Waals surface area contributed by atoms with Crippen molar-refractivity contribution in [3.8, 4) is 0 Å². The average molecular weight is 253 g/mol. The van der Waals surface area contributed by atoms with Gasteiger partial charge in [-0.25, -0.2) is 8.42 Å². The van der Waals surface area contributed by atoms with E-state index in [0.717, 1.165) is 12.1 Å². The summed E-state index contributed by atoms with van der Waals surface area (Å²) >= 11 is 0. The van der Waals surface area contributed by atoms with Gasteiger partial charge >= 0.3 is 0 Å². The fourth-order valence-corrected chi connectivity index (χ4v) is 3.95. The molecule has 1 saturated heterocycles. The molecule has 0 amide bonds. The van der Waals surface area contributed by atoms with Crippen LogP contribution in [0.5, 0.6) is 0 Å². The van der Waals surface area contributed by atoms with Crippen molar-refractivity contribution in [1.29, 1.82) is 0 Å². The van der Waals surface area contributed by atoms with Crippen molar-refractivity contribution in [1.82, 2.24) is 0 Å². The van der Waals surface area contributed by atoms with Gasteiger partial charge < -0.3 is 0 Å². The van der Waals surface area contributed by atoms with Crippen LogP contribution in [0.2, 0.25) is 0 Å². The molecule has 1 aromatic rings. The van der Waals surface area contributed by atoms with E-state index in [4.69, 9.17) is 0 Å². The molecular formula is C13H19NO2S. The Kier molecular flexibility index (Phi) is 3.17. The Balaban J connectivity index is 2.39. The van der Waals surface area contributed by atoms with Crippen molar-refractivity contribution < 1.29 is 8.42 Å². The maximum absolute atomic E-state index is 11.8. The number of aryl methyl sites for hydroxylation is 1. The molecule has 0 saturated carbocycles. The minimum Gasteiger partial charge on any atom is -0.270 e. The molecule has 0 atom stereocenters. The number of hydrogen-bond acceptors (Lipinski definition) is 2. The first-order chi connectivity index (χ1) is 7.92. The molecule has 0 radical (unpaired) electrons. The van der Waals surface area contributed by atoms with Crippen molar-refractivity contribution >= 4 is 15.7 Å². The maximum atomic E-state index is 11.8. The lowest BCUT2D eigenvalue weighted by atomic mass is 9.98. The van der Waals surface area contributed by atoms with Crippen LogP contribution in [0, 0.1) is 6.92 Å². The summed E-state index contributed by atoms with van der Waals surface area (Å²) in [5.41, 5.74) is 3.26. The zero-order valence-corrected chi connectivity index (χ0v) is 11.4. The molecule has 94 valence electrons. The predicted molar refractivity (Wildman–Crippen MR) is 71.0 cm³/mol. The summed E-state index contributed by atoms with van der Waals surface area (Å²) in [4.78, 5) is 0. The van der Waals surface area contributed by atoms with Gasteiger partial charge in [0.15, 0.2) is 0 Å². The third-order valence-corrected chi connectivity index (χ3v) is 5.13. The molecule has 17 heavy (non-hydrogen) atoms. The molecule has 3 nitrogen and oxygen atoms in total. The van der Waals surface area contributed by atoms with Crippen LogP contribution in [0.3, 0.4) is 0 Å². The minimum absolute atomic E-state index is 0.276. The first-order valence-corrected chi connectivity index (χ1v) is 7.63. The average Bonchev–Trinajstić information content (AvgIpc) is 2.57. The van der Waals surface area contributed by atoms with E-state index in [1.165, 1.54) is 15.4 Å². The predicted octanol–water partition coefficient (Wildman–Crippen LogP) is 2.66. The molecule has 2 rings (SSSR count). The van der Waals surface area contributed by atoms with Gasteiger partial charge in [0.2, 0.25) is 10.0 Å². The number of nitrogens with zero attached hydrogens (tertiary/aromatic N) is 1. The lowest BCUT2D eigenvalue weighted by molar-refractivity contribution is 0.599. The van der Waals surface area contributed by atoms with Crippen molar-refractivity contribution in [2.75, 3.05) is 16.6 Å². The van der Waals surface area contributed by atoms with Gasteiger partial charge in [0.05, 0.1) is 11.4 Å². The molecule has 0 bridgehead atoms. The monoisotopic (exact) mass is 253 g/mol. The van der Waals surface area contributed by atoms with Crippen LogP contribution in [0.25, 0.3) is 0 Å². The number of benzene rings is 1. The Morgan fingerprint density at radius 3 is 2.47 bits per heavy atom. The highest BCUT2D eigenvalue weighted by molar-refractivity contribution is 7.93. The SMILES string of the molecule is Cc1cc(N2CCCS2(=O)=O)ccc1C(C)C. The first kappa shape index (κ1) is 12.4. The summed E-state index contributed by atoms with van der Waals surface area (Å²) in [5, 5.41) is 0. The lowest BCUT2D eigenvalue weighted by Gasteiger charge is -2.19. The Morgan fingerprint density at radius 2 is 2.00 bits per heavy atom. The van der Waals surface area contributed by atoms with Gasteiger partial charge in [-0.15, -0.1) is 0 Å². The van der Waals surface area contributed by atoms with E-state index >= 15 is 0 Å². The van der Waals surface area contributed by atoms with Crippen LogP contribution >= 0.6 is 0 Å². The van der Waals surface area contributed by atoms with E-state index in [-0.39, 0.29) is 5.75 Å². The zero-order chi connectivity index (χ0) is 12.6. The summed E-state index contributed by atoms with van der Waals surface area (Å²) in [6, 6.07) is 5.95. The normalized spacial score (nSPS) is 18.9. The van der Waals surface area contributed by atoms with E-state index in [0.29, 0.717) is 12.5 Å². The molecule has 0 spiro atoms. The second-order valence-electron chi connectivity index (χ2n) is 4.94. The summed E-state index contributed by atoms with van der Waals surface area (Å²) in [5.74, 6) is 0.747. The molecule has 0 aromatic heterocycles. The van der Waals surface area contributed by atoms with Crippen molar-refractivity contribution in [2.45, 2.75) is 33.1 Å². The first-order valence-electron chi connectivity index (χ1n) is 6.03. The lowest BCUT2D eigenvalue weighted by Crippen LogP contribution is -2.25. The van der Waals surface area contributed by atoms with E-state index < -0.39 is 10.0 Å². The molecule has 0 N–H and O–H groups in total. The topological polar surface area (TPSA) is 37.4 Å². The van der Waals surface area contributed by atoms with Crippen LogP contribution in [-0.4, -0.2) is 20.7 Å². The number of hydrogen-bond donors (Lipinski definition) is 0. The molecule has 4 heteroatoms. The van der Waals surface area contributed by atoms with Gasteiger partial charge in [-0.05, 0) is 42.5 Å². The standard InChI is InChI=1S/C13H19NO2S/c1-10(2)13-6-5-12(9-11(13)3)14-7-4-8-17(14,15)16/h5-6,9-10H,4,7-8H2,1-3H3. The molecule has 1 aliphatic rings. The summed E-state index contributed by atoms with van der Waals surface area (Å²) in [6.45, 7) is 6.95. The number of anilines is 1. The molecular weight excluding hydrogens is 234 g/mol. The molecule has 1 fully saturated rings. The van der Waals surface area contributed by atoms with Crippen LogP contribution in [0.4, 0.5) is 5.69 Å². The number of rotatable bonds is 2. The van der Waals surface area contributed by atoms with Gasteiger partial charge in [-0.1, -0.05) is 19.9 Å². The van der Waals surface area contributed by atoms with Gasteiger partial charge in [0, 0.05) is 6.54 Å². The smallest absolute Gasteiger partial charge is 0.235 e. The Labute approximate surface area is 104 Å². The van der Waals surface area contributed by atoms with Crippen molar-refractivity contribution in [3.63, 3.8) is 0 Å². The molecule has 0 unspecified atom stereocenters. The molecule has 1 heterocycles. The van der Waals surface area contributed by atoms with Crippen LogP contribution in [0.1, 0.15) is 37.3 Å². The van der Waals surface area contributed by atoms with Crippen LogP contribution < -0.4 is 4.31 Å². The zero-order valence-electron chi connectivity index (χ0n) is 10.6. The van der Waals surface area contributed by atoms with Gasteiger partial charge in [-0.2, -0.15) is 0 Å². The van der Waals surface area contributed by atoms with E-state index in [2.05, 4.69) is 13.8 Å². The largest absolute Gasteiger partial charge is 0.270 e. The van der Waals surface area contributed by atoms with Crippen LogP contribution in [0.15, 0.2) is 18.2 Å². The summed E-state index contributed by atoms with van der Waals surface area (Å²) in [6.07, 6.45) is 0.729. The second-order valence-corrected chi connectivity index (χ2v) is 6.95. The van der Waals surface area contributed by atoms with E-state index in [1.54, 1.807) is 0 Å². The van der Waals surface area contributed by atoms with Crippen LogP contribution in [-0.2, 0) is 10.0 Å². The highest BCUT2D eigenvalue weighted by Crippen LogP contribution is 2.28. The fraction of sp³-hybridized carbons (Fsp3) is 0.538. The third-order valence-electron chi connectivity index (χ3n) is 3.26. The quantitative estimate of drug-likeness (QED) is 0.812. The van der Waals surface area contributed by atoms with Gasteiger partial charge in [0.1, 0.15) is 0 Å². The molecule has 1 aliphatic heterocycles.